The van der Waals surface area contributed by atoms with E-state index in [1.165, 1.54) is 10.0 Å². The minimum atomic E-state index is 0.0916. The number of benzene rings is 1. The third kappa shape index (κ3) is 2.74. The first-order chi connectivity index (χ1) is 7.58. The first-order valence-electron chi connectivity index (χ1n) is 5.49. The van der Waals surface area contributed by atoms with Crippen molar-refractivity contribution >= 4 is 15.0 Å². The van der Waals surface area contributed by atoms with Crippen LogP contribution in [-0.2, 0) is 6.54 Å². The second kappa shape index (κ2) is 4.72. The van der Waals surface area contributed by atoms with E-state index in [9.17, 15) is 0 Å². The molecule has 0 aromatic heterocycles. The van der Waals surface area contributed by atoms with Gasteiger partial charge in [-0.05, 0) is 0 Å². The van der Waals surface area contributed by atoms with E-state index >= 15 is 0 Å². The normalized spacial score (nSPS) is 23.6. The van der Waals surface area contributed by atoms with Gasteiger partial charge in [0.15, 0.2) is 0 Å². The van der Waals surface area contributed by atoms with Crippen LogP contribution < -0.4 is 10.6 Å². The van der Waals surface area contributed by atoms with Gasteiger partial charge in [-0.15, -0.1) is 0 Å². The van der Waals surface area contributed by atoms with Crippen LogP contribution in [0.15, 0.2) is 41.4 Å². The molecular formula is C13H18N2Se. The molecule has 1 aromatic carbocycles. The molecule has 1 aromatic rings. The molecule has 0 radical (unpaired) electrons. The van der Waals surface area contributed by atoms with Crippen molar-refractivity contribution in [2.75, 3.05) is 0 Å². The molecule has 2 nitrogen and oxygen atoms in total. The van der Waals surface area contributed by atoms with Gasteiger partial charge in [0.05, 0.1) is 0 Å². The van der Waals surface area contributed by atoms with Crippen molar-refractivity contribution in [1.82, 2.24) is 10.6 Å². The Kier molecular flexibility index (Phi) is 3.50. The van der Waals surface area contributed by atoms with Crippen LogP contribution in [0.5, 0.6) is 0 Å². The standard InChI is InChI=1S/C13H18N2Se/c1-10-13(2,3)15-12(16-10)14-9-11-7-5-4-6-8-11/h4-8,12,14-15H,1,9H2,2-3H3. The van der Waals surface area contributed by atoms with Crippen LogP contribution in [0.4, 0.5) is 0 Å². The summed E-state index contributed by atoms with van der Waals surface area (Å²) in [4.78, 5) is 0. The zero-order valence-corrected chi connectivity index (χ0v) is 11.5. The van der Waals surface area contributed by atoms with Gasteiger partial charge >= 0.3 is 104 Å². The van der Waals surface area contributed by atoms with E-state index in [-0.39, 0.29) is 5.54 Å². The Morgan fingerprint density at radius 1 is 1.38 bits per heavy atom. The zero-order chi connectivity index (χ0) is 11.6. The quantitative estimate of drug-likeness (QED) is 0.823. The monoisotopic (exact) mass is 282 g/mol. The first-order valence-corrected chi connectivity index (χ1v) is 7.33. The van der Waals surface area contributed by atoms with Gasteiger partial charge in [-0.3, -0.25) is 0 Å². The molecule has 1 fully saturated rings. The fourth-order valence-electron chi connectivity index (χ4n) is 1.63. The van der Waals surface area contributed by atoms with E-state index in [1.807, 2.05) is 6.07 Å². The summed E-state index contributed by atoms with van der Waals surface area (Å²) >= 11 is 0.443. The Bertz CT molecular complexity index is 373. The first kappa shape index (κ1) is 11.9. The molecule has 0 aliphatic carbocycles. The van der Waals surface area contributed by atoms with Gasteiger partial charge < -0.3 is 0 Å². The second-order valence-corrected chi connectivity index (χ2v) is 7.07. The zero-order valence-electron chi connectivity index (χ0n) is 9.79. The van der Waals surface area contributed by atoms with Gasteiger partial charge in [-0.1, -0.05) is 0 Å². The molecule has 0 spiro atoms. The van der Waals surface area contributed by atoms with Crippen LogP contribution in [0.3, 0.4) is 0 Å². The van der Waals surface area contributed by atoms with E-state index in [2.05, 4.69) is 55.3 Å². The molecule has 2 N–H and O–H groups in total. The predicted octanol–water partition coefficient (Wildman–Crippen LogP) is 1.66. The van der Waals surface area contributed by atoms with Crippen LogP contribution in [0.1, 0.15) is 19.4 Å². The van der Waals surface area contributed by atoms with Gasteiger partial charge in [0, 0.05) is 0 Å². The molecular weight excluding hydrogens is 263 g/mol. The van der Waals surface area contributed by atoms with Crippen molar-refractivity contribution in [3.63, 3.8) is 0 Å². The molecule has 0 amide bonds. The maximum absolute atomic E-state index is 4.14. The molecule has 1 heterocycles. The van der Waals surface area contributed by atoms with Crippen molar-refractivity contribution in [3.8, 4) is 0 Å². The Balaban J connectivity index is 1.87. The Labute approximate surface area is 104 Å². The molecule has 1 saturated heterocycles. The molecule has 0 saturated carbocycles. The second-order valence-electron chi connectivity index (χ2n) is 4.56. The summed E-state index contributed by atoms with van der Waals surface area (Å²) in [5, 5.41) is 7.52. The third-order valence-corrected chi connectivity index (χ3v) is 5.54. The summed E-state index contributed by atoms with van der Waals surface area (Å²) in [6, 6.07) is 10.5. The van der Waals surface area contributed by atoms with Crippen molar-refractivity contribution in [3.05, 3.63) is 46.9 Å². The van der Waals surface area contributed by atoms with Gasteiger partial charge in [-0.2, -0.15) is 0 Å². The topological polar surface area (TPSA) is 24.1 Å². The van der Waals surface area contributed by atoms with E-state index in [0.717, 1.165) is 6.54 Å². The molecule has 1 unspecified atom stereocenters. The van der Waals surface area contributed by atoms with Gasteiger partial charge in [-0.25, -0.2) is 0 Å². The number of hydrogen-bond acceptors (Lipinski definition) is 2. The van der Waals surface area contributed by atoms with Crippen molar-refractivity contribution in [1.29, 1.82) is 0 Å². The fourth-order valence-corrected chi connectivity index (χ4v) is 4.06. The van der Waals surface area contributed by atoms with Crippen LogP contribution in [0.25, 0.3) is 0 Å². The summed E-state index contributed by atoms with van der Waals surface area (Å²) in [6.07, 6.45) is 0. The summed E-state index contributed by atoms with van der Waals surface area (Å²) < 4.78 is 1.34. The Morgan fingerprint density at radius 2 is 2.06 bits per heavy atom. The van der Waals surface area contributed by atoms with E-state index in [4.69, 9.17) is 0 Å². The number of rotatable bonds is 3. The van der Waals surface area contributed by atoms with Crippen LogP contribution in [0.2, 0.25) is 0 Å². The summed E-state index contributed by atoms with van der Waals surface area (Å²) in [5.41, 5.74) is 1.42. The van der Waals surface area contributed by atoms with E-state index < -0.39 is 0 Å². The molecule has 1 aliphatic rings. The van der Waals surface area contributed by atoms with Crippen LogP contribution in [0, 0.1) is 0 Å². The van der Waals surface area contributed by atoms with Gasteiger partial charge in [0.2, 0.25) is 0 Å². The van der Waals surface area contributed by atoms with Crippen LogP contribution >= 0.6 is 0 Å². The van der Waals surface area contributed by atoms with Crippen LogP contribution in [-0.4, -0.2) is 25.6 Å². The SMILES string of the molecule is C=C1[Se]C(NCc2ccccc2)NC1(C)C. The molecule has 1 aliphatic heterocycles. The van der Waals surface area contributed by atoms with E-state index in [0.29, 0.717) is 20.0 Å². The van der Waals surface area contributed by atoms with Crippen molar-refractivity contribution in [2.24, 2.45) is 0 Å². The molecule has 3 heteroatoms. The third-order valence-electron chi connectivity index (χ3n) is 2.78. The van der Waals surface area contributed by atoms with Gasteiger partial charge in [0.1, 0.15) is 0 Å². The average Bonchev–Trinajstić information content (AvgIpc) is 2.52. The molecule has 2 rings (SSSR count). The minimum absolute atomic E-state index is 0.0916. The fraction of sp³-hybridized carbons (Fsp3) is 0.385. The molecule has 86 valence electrons. The molecule has 16 heavy (non-hydrogen) atoms. The molecule has 1 atom stereocenters. The number of nitrogens with one attached hydrogen (secondary N) is 2. The predicted molar refractivity (Wildman–Crippen MR) is 69.2 cm³/mol. The Morgan fingerprint density at radius 3 is 2.62 bits per heavy atom. The van der Waals surface area contributed by atoms with Crippen molar-refractivity contribution in [2.45, 2.75) is 31.0 Å². The Hall–Kier alpha value is -0.601. The summed E-state index contributed by atoms with van der Waals surface area (Å²) in [5.74, 6) is 0. The summed E-state index contributed by atoms with van der Waals surface area (Å²) in [7, 11) is 0. The summed E-state index contributed by atoms with van der Waals surface area (Å²) in [6.45, 7) is 9.45. The van der Waals surface area contributed by atoms with E-state index in [1.54, 1.807) is 0 Å². The van der Waals surface area contributed by atoms with Crippen molar-refractivity contribution < 1.29 is 0 Å². The molecule has 0 bridgehead atoms. The average molecular weight is 281 g/mol. The maximum atomic E-state index is 4.14. The van der Waals surface area contributed by atoms with Gasteiger partial charge in [0.25, 0.3) is 0 Å². The number of hydrogen-bond donors (Lipinski definition) is 2.